The lowest BCUT2D eigenvalue weighted by Gasteiger charge is -2.07. The van der Waals surface area contributed by atoms with Crippen LogP contribution in [0.4, 0.5) is 11.4 Å². The maximum atomic E-state index is 11.9. The van der Waals surface area contributed by atoms with Gasteiger partial charge in [0.15, 0.2) is 0 Å². The Morgan fingerprint density at radius 3 is 2.65 bits per heavy atom. The first-order chi connectivity index (χ1) is 9.33. The Balaban J connectivity index is 2.14. The lowest BCUT2D eigenvalue weighted by molar-refractivity contribution is 0.102. The number of hydrogen-bond acceptors (Lipinski definition) is 4. The molecular formula is C11H13N5O3S. The Hall–Kier alpha value is -2.39. The minimum Gasteiger partial charge on any atom is -0.340 e. The highest BCUT2D eigenvalue weighted by atomic mass is 32.2. The fourth-order valence-corrected chi connectivity index (χ4v) is 2.01. The quantitative estimate of drug-likeness (QED) is 0.750. The number of nitrogens with one attached hydrogen (secondary N) is 2. The van der Waals surface area contributed by atoms with Crippen LogP contribution in [0.2, 0.25) is 0 Å². The zero-order chi connectivity index (χ0) is 14.8. The highest BCUT2D eigenvalue weighted by molar-refractivity contribution is 7.90. The second kappa shape index (κ2) is 5.31. The van der Waals surface area contributed by atoms with E-state index in [4.69, 9.17) is 5.14 Å². The molecular weight excluding hydrogens is 282 g/mol. The molecule has 2 aromatic rings. The zero-order valence-corrected chi connectivity index (χ0v) is 11.4. The van der Waals surface area contributed by atoms with Crippen LogP contribution in [0.3, 0.4) is 0 Å². The van der Waals surface area contributed by atoms with E-state index in [-0.39, 0.29) is 11.4 Å². The Labute approximate surface area is 115 Å². The first-order valence-electron chi connectivity index (χ1n) is 5.53. The van der Waals surface area contributed by atoms with Crippen LogP contribution in [0.5, 0.6) is 0 Å². The molecule has 9 heteroatoms. The highest BCUT2D eigenvalue weighted by Gasteiger charge is 2.09. The van der Waals surface area contributed by atoms with Crippen molar-refractivity contribution in [3.8, 4) is 0 Å². The van der Waals surface area contributed by atoms with Crippen LogP contribution in [0.25, 0.3) is 0 Å². The number of nitrogens with two attached hydrogens (primary N) is 1. The number of carbonyl (C=O) groups is 1. The van der Waals surface area contributed by atoms with E-state index in [9.17, 15) is 13.2 Å². The summed E-state index contributed by atoms with van der Waals surface area (Å²) in [4.78, 5) is 15.8. The number of imidazole rings is 1. The number of rotatable bonds is 4. The summed E-state index contributed by atoms with van der Waals surface area (Å²) < 4.78 is 25.6. The van der Waals surface area contributed by atoms with Crippen LogP contribution in [0, 0.1) is 0 Å². The average Bonchev–Trinajstić information content (AvgIpc) is 2.74. The van der Waals surface area contributed by atoms with Crippen molar-refractivity contribution in [1.29, 1.82) is 0 Å². The molecule has 1 aromatic heterocycles. The van der Waals surface area contributed by atoms with Crippen LogP contribution < -0.4 is 15.2 Å². The van der Waals surface area contributed by atoms with Crippen molar-refractivity contribution in [2.24, 2.45) is 12.2 Å². The third kappa shape index (κ3) is 3.80. The van der Waals surface area contributed by atoms with Crippen LogP contribution >= 0.6 is 0 Å². The number of carbonyl (C=O) groups excluding carboxylic acids is 1. The molecule has 0 fully saturated rings. The molecule has 2 rings (SSSR count). The van der Waals surface area contributed by atoms with Gasteiger partial charge < -0.3 is 9.88 Å². The van der Waals surface area contributed by atoms with E-state index >= 15 is 0 Å². The summed E-state index contributed by atoms with van der Waals surface area (Å²) >= 11 is 0. The molecule has 0 saturated carbocycles. The summed E-state index contributed by atoms with van der Waals surface area (Å²) in [6.45, 7) is 0. The summed E-state index contributed by atoms with van der Waals surface area (Å²) in [5.41, 5.74) is 0.943. The van der Waals surface area contributed by atoms with Gasteiger partial charge in [-0.05, 0) is 18.2 Å². The fraction of sp³-hybridized carbons (Fsp3) is 0.0909. The van der Waals surface area contributed by atoms with Crippen molar-refractivity contribution in [3.63, 3.8) is 0 Å². The highest BCUT2D eigenvalue weighted by Crippen LogP contribution is 2.16. The zero-order valence-electron chi connectivity index (χ0n) is 10.6. The Morgan fingerprint density at radius 1 is 1.35 bits per heavy atom. The molecule has 0 aliphatic carbocycles. The maximum absolute atomic E-state index is 11.9. The van der Waals surface area contributed by atoms with Crippen LogP contribution in [-0.2, 0) is 17.3 Å². The first-order valence-corrected chi connectivity index (χ1v) is 7.08. The van der Waals surface area contributed by atoms with Crippen molar-refractivity contribution >= 4 is 27.5 Å². The topological polar surface area (TPSA) is 119 Å². The Morgan fingerprint density at radius 2 is 2.05 bits per heavy atom. The van der Waals surface area contributed by atoms with Gasteiger partial charge in [-0.1, -0.05) is 6.07 Å². The largest absolute Gasteiger partial charge is 0.340 e. The van der Waals surface area contributed by atoms with Gasteiger partial charge in [-0.3, -0.25) is 9.52 Å². The molecule has 0 unspecified atom stereocenters. The lowest BCUT2D eigenvalue weighted by atomic mass is 10.3. The lowest BCUT2D eigenvalue weighted by Crippen LogP contribution is -2.21. The van der Waals surface area contributed by atoms with E-state index in [1.165, 1.54) is 18.5 Å². The minimum atomic E-state index is -3.85. The Bertz CT molecular complexity index is 738. The van der Waals surface area contributed by atoms with Crippen molar-refractivity contribution in [3.05, 3.63) is 42.5 Å². The Kier molecular flexibility index (Phi) is 3.72. The predicted octanol–water partition coefficient (Wildman–Crippen LogP) is 0.288. The van der Waals surface area contributed by atoms with Crippen molar-refractivity contribution < 1.29 is 13.2 Å². The van der Waals surface area contributed by atoms with Crippen molar-refractivity contribution in [1.82, 2.24) is 9.55 Å². The van der Waals surface area contributed by atoms with Gasteiger partial charge in [0.05, 0.1) is 12.0 Å². The third-order valence-corrected chi connectivity index (χ3v) is 2.84. The predicted molar refractivity (Wildman–Crippen MR) is 74.3 cm³/mol. The molecule has 0 bridgehead atoms. The minimum absolute atomic E-state index is 0.256. The molecule has 0 spiro atoms. The first kappa shape index (κ1) is 14.0. The van der Waals surface area contributed by atoms with Crippen molar-refractivity contribution in [2.75, 3.05) is 10.0 Å². The fourth-order valence-electron chi connectivity index (χ4n) is 1.55. The molecule has 0 radical (unpaired) electrons. The normalized spacial score (nSPS) is 11.1. The van der Waals surface area contributed by atoms with Gasteiger partial charge in [0.1, 0.15) is 5.69 Å². The number of hydrogen-bond donors (Lipinski definition) is 3. The average molecular weight is 295 g/mol. The molecule has 20 heavy (non-hydrogen) atoms. The monoisotopic (exact) mass is 295 g/mol. The van der Waals surface area contributed by atoms with Crippen LogP contribution in [0.15, 0.2) is 36.8 Å². The number of benzene rings is 1. The van der Waals surface area contributed by atoms with Crippen LogP contribution in [-0.4, -0.2) is 23.9 Å². The van der Waals surface area contributed by atoms with Gasteiger partial charge in [-0.25, -0.2) is 10.1 Å². The second-order valence-corrected chi connectivity index (χ2v) is 5.40. The van der Waals surface area contributed by atoms with E-state index in [0.717, 1.165) is 0 Å². The number of amides is 1. The summed E-state index contributed by atoms with van der Waals surface area (Å²) in [5, 5.41) is 7.48. The SMILES string of the molecule is Cn1cnc(C(=O)Nc2cccc(NS(N)(=O)=O)c2)c1. The molecule has 1 heterocycles. The summed E-state index contributed by atoms with van der Waals surface area (Å²) in [6, 6.07) is 6.17. The van der Waals surface area contributed by atoms with E-state index < -0.39 is 16.1 Å². The summed E-state index contributed by atoms with van der Waals surface area (Å²) in [7, 11) is -2.10. The second-order valence-electron chi connectivity index (χ2n) is 4.11. The molecule has 0 aliphatic rings. The number of aromatic nitrogens is 2. The third-order valence-electron chi connectivity index (χ3n) is 2.32. The molecule has 8 nitrogen and oxygen atoms in total. The van der Waals surface area contributed by atoms with Gasteiger partial charge in [-0.2, -0.15) is 8.42 Å². The number of nitrogens with zero attached hydrogens (tertiary/aromatic N) is 2. The van der Waals surface area contributed by atoms with E-state index in [2.05, 4.69) is 15.0 Å². The van der Waals surface area contributed by atoms with Crippen LogP contribution in [0.1, 0.15) is 10.5 Å². The molecule has 0 aliphatic heterocycles. The number of aryl methyl sites for hydroxylation is 1. The van der Waals surface area contributed by atoms with Gasteiger partial charge >= 0.3 is 0 Å². The molecule has 1 amide bonds. The summed E-state index contributed by atoms with van der Waals surface area (Å²) in [5.74, 6) is -0.390. The van der Waals surface area contributed by atoms with Gasteiger partial charge in [0.2, 0.25) is 0 Å². The summed E-state index contributed by atoms with van der Waals surface area (Å²) in [6.07, 6.45) is 3.08. The van der Waals surface area contributed by atoms with E-state index in [1.807, 2.05) is 0 Å². The number of anilines is 2. The smallest absolute Gasteiger partial charge is 0.296 e. The maximum Gasteiger partial charge on any atom is 0.296 e. The van der Waals surface area contributed by atoms with E-state index in [0.29, 0.717) is 5.69 Å². The van der Waals surface area contributed by atoms with Gasteiger partial charge in [-0.15, -0.1) is 0 Å². The van der Waals surface area contributed by atoms with Gasteiger partial charge in [0, 0.05) is 18.9 Å². The molecule has 106 valence electrons. The van der Waals surface area contributed by atoms with E-state index in [1.54, 1.807) is 29.9 Å². The molecule has 1 aromatic carbocycles. The van der Waals surface area contributed by atoms with Gasteiger partial charge in [0.25, 0.3) is 16.1 Å². The molecule has 0 atom stereocenters. The standard InChI is InChI=1S/C11H13N5O3S/c1-16-6-10(13-7-16)11(17)14-8-3-2-4-9(5-8)15-20(12,18)19/h2-7,15H,1H3,(H,14,17)(H2,12,18,19). The molecule has 4 N–H and O–H groups in total. The molecule has 0 saturated heterocycles. The van der Waals surface area contributed by atoms with Crippen molar-refractivity contribution in [2.45, 2.75) is 0 Å².